The Morgan fingerprint density at radius 1 is 1.33 bits per heavy atom. The molecule has 1 amide bonds. The van der Waals surface area contributed by atoms with Crippen LogP contribution in [0.25, 0.3) is 0 Å². The molecule has 18 heavy (non-hydrogen) atoms. The highest BCUT2D eigenvalue weighted by molar-refractivity contribution is 5.77. The van der Waals surface area contributed by atoms with Crippen molar-refractivity contribution in [2.24, 2.45) is 5.92 Å². The Hall–Kier alpha value is -1.51. The molecule has 0 spiro atoms. The third kappa shape index (κ3) is 3.49. The first-order valence-corrected chi connectivity index (χ1v) is 6.66. The fraction of sp³-hybridized carbons (Fsp3) is 0.533. The summed E-state index contributed by atoms with van der Waals surface area (Å²) < 4.78 is 5.51. The molecule has 1 aliphatic rings. The quantitative estimate of drug-likeness (QED) is 0.867. The Balaban J connectivity index is 1.81. The summed E-state index contributed by atoms with van der Waals surface area (Å²) in [5.41, 5.74) is 2.79. The predicted molar refractivity (Wildman–Crippen MR) is 71.8 cm³/mol. The molecule has 0 atom stereocenters. The predicted octanol–water partition coefficient (Wildman–Crippen LogP) is 2.33. The third-order valence-electron chi connectivity index (χ3n) is 3.15. The lowest BCUT2D eigenvalue weighted by Crippen LogP contribution is -2.31. The largest absolute Gasteiger partial charge is 0.484 e. The maximum absolute atomic E-state index is 11.5. The van der Waals surface area contributed by atoms with Crippen LogP contribution in [-0.2, 0) is 17.6 Å². The summed E-state index contributed by atoms with van der Waals surface area (Å²) in [6.07, 6.45) is 3.53. The van der Waals surface area contributed by atoms with Crippen molar-refractivity contribution in [2.75, 3.05) is 13.2 Å². The van der Waals surface area contributed by atoms with Crippen molar-refractivity contribution in [3.63, 3.8) is 0 Å². The number of carbonyl (C=O) groups excluding carboxylic acids is 1. The van der Waals surface area contributed by atoms with Gasteiger partial charge in [-0.2, -0.15) is 0 Å². The molecule has 0 radical (unpaired) electrons. The van der Waals surface area contributed by atoms with E-state index in [9.17, 15) is 4.79 Å². The minimum absolute atomic E-state index is 0.0517. The molecule has 0 heterocycles. The zero-order valence-electron chi connectivity index (χ0n) is 11.2. The Morgan fingerprint density at radius 3 is 2.89 bits per heavy atom. The van der Waals surface area contributed by atoms with E-state index in [1.165, 1.54) is 24.0 Å². The average Bonchev–Trinajstić information content (AvgIpc) is 2.81. The number of carbonyl (C=O) groups is 1. The molecule has 0 unspecified atom stereocenters. The van der Waals surface area contributed by atoms with E-state index in [1.54, 1.807) is 0 Å². The van der Waals surface area contributed by atoms with E-state index in [1.807, 2.05) is 6.07 Å². The second-order valence-corrected chi connectivity index (χ2v) is 5.27. The number of aryl methyl sites for hydroxylation is 2. The molecular formula is C15H21NO2. The molecule has 1 N–H and O–H groups in total. The maximum Gasteiger partial charge on any atom is 0.257 e. The zero-order valence-corrected chi connectivity index (χ0v) is 11.2. The van der Waals surface area contributed by atoms with Crippen molar-refractivity contribution in [2.45, 2.75) is 33.1 Å². The second kappa shape index (κ2) is 5.89. The molecule has 1 aromatic rings. The number of ether oxygens (including phenoxy) is 1. The molecule has 0 aromatic heterocycles. The number of benzene rings is 1. The molecule has 2 rings (SSSR count). The molecule has 0 fully saturated rings. The van der Waals surface area contributed by atoms with Crippen molar-refractivity contribution in [3.8, 4) is 5.75 Å². The first-order chi connectivity index (χ1) is 8.65. The van der Waals surface area contributed by atoms with Crippen LogP contribution in [0.4, 0.5) is 0 Å². The van der Waals surface area contributed by atoms with Gasteiger partial charge in [-0.1, -0.05) is 19.9 Å². The van der Waals surface area contributed by atoms with Crippen LogP contribution in [-0.4, -0.2) is 19.1 Å². The fourth-order valence-electron chi connectivity index (χ4n) is 2.16. The van der Waals surface area contributed by atoms with Crippen LogP contribution < -0.4 is 10.1 Å². The fourth-order valence-corrected chi connectivity index (χ4v) is 2.16. The van der Waals surface area contributed by atoms with Crippen LogP contribution in [0.1, 0.15) is 31.4 Å². The van der Waals surface area contributed by atoms with E-state index in [0.717, 1.165) is 12.2 Å². The summed E-state index contributed by atoms with van der Waals surface area (Å²) in [5.74, 6) is 1.22. The van der Waals surface area contributed by atoms with Gasteiger partial charge in [-0.05, 0) is 48.4 Å². The minimum atomic E-state index is -0.0517. The third-order valence-corrected chi connectivity index (χ3v) is 3.15. The first-order valence-electron chi connectivity index (χ1n) is 6.66. The van der Waals surface area contributed by atoms with Crippen LogP contribution in [0.15, 0.2) is 18.2 Å². The van der Waals surface area contributed by atoms with E-state index in [0.29, 0.717) is 12.5 Å². The monoisotopic (exact) mass is 247 g/mol. The standard InChI is InChI=1S/C15H21NO2/c1-11(2)9-16-15(17)10-18-14-7-6-12-4-3-5-13(12)8-14/h6-8,11H,3-5,9-10H2,1-2H3,(H,16,17). The zero-order chi connectivity index (χ0) is 13.0. The van der Waals surface area contributed by atoms with Crippen molar-refractivity contribution < 1.29 is 9.53 Å². The molecule has 1 aliphatic carbocycles. The van der Waals surface area contributed by atoms with E-state index in [2.05, 4.69) is 31.3 Å². The highest BCUT2D eigenvalue weighted by atomic mass is 16.5. The number of rotatable bonds is 5. The topological polar surface area (TPSA) is 38.3 Å². The summed E-state index contributed by atoms with van der Waals surface area (Å²) >= 11 is 0. The van der Waals surface area contributed by atoms with Gasteiger partial charge in [0.2, 0.25) is 0 Å². The maximum atomic E-state index is 11.5. The van der Waals surface area contributed by atoms with Crippen LogP contribution >= 0.6 is 0 Å². The Morgan fingerprint density at radius 2 is 2.11 bits per heavy atom. The SMILES string of the molecule is CC(C)CNC(=O)COc1ccc2c(c1)CCC2. The van der Waals surface area contributed by atoms with Gasteiger partial charge in [-0.3, -0.25) is 4.79 Å². The van der Waals surface area contributed by atoms with Gasteiger partial charge in [-0.25, -0.2) is 0 Å². The number of nitrogens with one attached hydrogen (secondary N) is 1. The molecule has 0 aliphatic heterocycles. The first kappa shape index (κ1) is 12.9. The van der Waals surface area contributed by atoms with E-state index in [4.69, 9.17) is 4.74 Å². The van der Waals surface area contributed by atoms with E-state index in [-0.39, 0.29) is 12.5 Å². The Bertz CT molecular complexity index is 427. The van der Waals surface area contributed by atoms with Gasteiger partial charge in [0.05, 0.1) is 0 Å². The Labute approximate surface area is 109 Å². The highest BCUT2D eigenvalue weighted by Crippen LogP contribution is 2.25. The normalized spacial score (nSPS) is 13.5. The molecule has 3 heteroatoms. The molecule has 0 saturated carbocycles. The number of fused-ring (bicyclic) bond motifs is 1. The lowest BCUT2D eigenvalue weighted by molar-refractivity contribution is -0.123. The van der Waals surface area contributed by atoms with Crippen LogP contribution in [0.3, 0.4) is 0 Å². The second-order valence-electron chi connectivity index (χ2n) is 5.27. The van der Waals surface area contributed by atoms with Crippen LogP contribution in [0, 0.1) is 5.92 Å². The smallest absolute Gasteiger partial charge is 0.257 e. The van der Waals surface area contributed by atoms with Gasteiger partial charge < -0.3 is 10.1 Å². The van der Waals surface area contributed by atoms with Crippen molar-refractivity contribution in [1.29, 1.82) is 0 Å². The highest BCUT2D eigenvalue weighted by Gasteiger charge is 2.11. The van der Waals surface area contributed by atoms with Gasteiger partial charge >= 0.3 is 0 Å². The van der Waals surface area contributed by atoms with Crippen LogP contribution in [0.2, 0.25) is 0 Å². The summed E-state index contributed by atoms with van der Waals surface area (Å²) in [7, 11) is 0. The average molecular weight is 247 g/mol. The number of hydrogen-bond acceptors (Lipinski definition) is 2. The minimum Gasteiger partial charge on any atom is -0.484 e. The van der Waals surface area contributed by atoms with Gasteiger partial charge in [0.25, 0.3) is 5.91 Å². The number of hydrogen-bond donors (Lipinski definition) is 1. The molecule has 98 valence electrons. The van der Waals surface area contributed by atoms with Gasteiger partial charge in [0, 0.05) is 6.54 Å². The summed E-state index contributed by atoms with van der Waals surface area (Å²) in [4.78, 5) is 11.5. The lowest BCUT2D eigenvalue weighted by Gasteiger charge is -2.10. The number of amides is 1. The summed E-state index contributed by atoms with van der Waals surface area (Å²) in [6.45, 7) is 4.95. The molecule has 0 saturated heterocycles. The summed E-state index contributed by atoms with van der Waals surface area (Å²) in [5, 5.41) is 2.84. The lowest BCUT2D eigenvalue weighted by atomic mass is 10.1. The van der Waals surface area contributed by atoms with Crippen molar-refractivity contribution in [1.82, 2.24) is 5.32 Å². The van der Waals surface area contributed by atoms with Gasteiger partial charge in [-0.15, -0.1) is 0 Å². The molecular weight excluding hydrogens is 226 g/mol. The van der Waals surface area contributed by atoms with Crippen molar-refractivity contribution in [3.05, 3.63) is 29.3 Å². The molecule has 0 bridgehead atoms. The molecule has 1 aromatic carbocycles. The van der Waals surface area contributed by atoms with E-state index >= 15 is 0 Å². The van der Waals surface area contributed by atoms with Crippen molar-refractivity contribution >= 4 is 5.91 Å². The van der Waals surface area contributed by atoms with E-state index < -0.39 is 0 Å². The Kier molecular flexibility index (Phi) is 4.24. The van der Waals surface area contributed by atoms with Gasteiger partial charge in [0.15, 0.2) is 6.61 Å². The van der Waals surface area contributed by atoms with Gasteiger partial charge in [0.1, 0.15) is 5.75 Å². The molecule has 3 nitrogen and oxygen atoms in total. The van der Waals surface area contributed by atoms with Crippen LogP contribution in [0.5, 0.6) is 5.75 Å². The summed E-state index contributed by atoms with van der Waals surface area (Å²) in [6, 6.07) is 6.14.